The van der Waals surface area contributed by atoms with Crippen LogP contribution in [-0.4, -0.2) is 53.2 Å². The number of pyridine rings is 1. The first-order valence-corrected chi connectivity index (χ1v) is 12.8. The van der Waals surface area contributed by atoms with Gasteiger partial charge in [0.2, 0.25) is 0 Å². The summed E-state index contributed by atoms with van der Waals surface area (Å²) < 4.78 is 50.4. The number of aromatic nitrogens is 1. The van der Waals surface area contributed by atoms with Gasteiger partial charge in [-0.3, -0.25) is 4.98 Å². The van der Waals surface area contributed by atoms with Gasteiger partial charge in [-0.25, -0.2) is 9.79 Å². The number of ether oxygens (including phenoxy) is 3. The Kier molecular flexibility index (Phi) is 7.17. The van der Waals surface area contributed by atoms with Crippen molar-refractivity contribution >= 4 is 23.6 Å². The van der Waals surface area contributed by atoms with Crippen molar-refractivity contribution in [1.82, 2.24) is 4.98 Å². The lowest BCUT2D eigenvalue weighted by molar-refractivity contribution is -0.192. The maximum atomic E-state index is 10.6. The normalized spacial score (nSPS) is 28.0. The molecular weight excluding hydrogens is 527 g/mol. The van der Waals surface area contributed by atoms with Crippen molar-refractivity contribution in [3.05, 3.63) is 47.2 Å². The highest BCUT2D eigenvalue weighted by molar-refractivity contribution is 6.30. The lowest BCUT2D eigenvalue weighted by Gasteiger charge is -2.48. The lowest BCUT2D eigenvalue weighted by atomic mass is 9.67. The fourth-order valence-corrected chi connectivity index (χ4v) is 5.68. The smallest absolute Gasteiger partial charge is 0.490 e. The van der Waals surface area contributed by atoms with Crippen molar-refractivity contribution in [3.63, 3.8) is 0 Å². The molecule has 2 aliphatic carbocycles. The minimum Gasteiger partial charge on any atom is -0.490 e. The Hall–Kier alpha value is -3.05. The summed E-state index contributed by atoms with van der Waals surface area (Å²) in [6, 6.07) is 8.39. The summed E-state index contributed by atoms with van der Waals surface area (Å²) in [5, 5.41) is 7.73. The van der Waals surface area contributed by atoms with Gasteiger partial charge in [0.1, 0.15) is 24.0 Å². The van der Waals surface area contributed by atoms with Crippen LogP contribution >= 0.6 is 11.6 Å². The first-order valence-electron chi connectivity index (χ1n) is 12.4. The molecule has 204 valence electrons. The second kappa shape index (κ2) is 10.3. The van der Waals surface area contributed by atoms with Crippen LogP contribution in [0.5, 0.6) is 5.75 Å². The van der Waals surface area contributed by atoms with Crippen LogP contribution in [0.15, 0.2) is 41.7 Å². The molecule has 3 N–H and O–H groups in total. The van der Waals surface area contributed by atoms with Crippen LogP contribution in [-0.2, 0) is 19.8 Å². The van der Waals surface area contributed by atoms with E-state index in [9.17, 15) is 13.2 Å². The first-order chi connectivity index (χ1) is 18.0. The van der Waals surface area contributed by atoms with E-state index < -0.39 is 17.7 Å². The molecule has 0 radical (unpaired) electrons. The third-order valence-corrected chi connectivity index (χ3v) is 7.75. The fraction of sp³-hybridized carbons (Fsp3) is 0.500. The highest BCUT2D eigenvalue weighted by Crippen LogP contribution is 2.53. The van der Waals surface area contributed by atoms with Crippen LogP contribution in [0.3, 0.4) is 0 Å². The Bertz CT molecular complexity index is 1240. The average Bonchev–Trinajstić information content (AvgIpc) is 3.24. The van der Waals surface area contributed by atoms with E-state index in [4.69, 9.17) is 46.4 Å². The number of halogens is 4. The molecule has 4 atom stereocenters. The number of hydrogen-bond donors (Lipinski definition) is 2. The summed E-state index contributed by atoms with van der Waals surface area (Å²) in [6.07, 6.45) is 5.65. The second-order valence-corrected chi connectivity index (χ2v) is 10.4. The minimum absolute atomic E-state index is 0.0886. The molecule has 1 aromatic carbocycles. The van der Waals surface area contributed by atoms with Gasteiger partial charge in [-0.1, -0.05) is 17.7 Å². The summed E-state index contributed by atoms with van der Waals surface area (Å²) in [4.78, 5) is 18.0. The number of carboxylic acid groups (broad SMARTS) is 1. The number of nitrogens with zero attached hydrogens (tertiary/aromatic N) is 2. The summed E-state index contributed by atoms with van der Waals surface area (Å²) in [6.45, 7) is 0.434. The van der Waals surface area contributed by atoms with Crippen molar-refractivity contribution in [2.45, 2.75) is 68.6 Å². The standard InChI is InChI=1S/C24H26ClN3O3.C2HF3O2/c25-16-8-15(11-27-12-16)14-4-6-21-19(9-14)24(13-29-23(26)28-24)20-10-18(5-7-22(20)31-21)30-17-2-1-3-17;3-2(4,5)1(6)7/h4,6,8-9,11-12,17-18,20,22H,1-3,5,7,10,13H2,(H2,26,28);(H,6,7)/t18-,20-,22-,24?;/m0./s1. The zero-order chi connectivity index (χ0) is 27.1. The zero-order valence-corrected chi connectivity index (χ0v) is 21.0. The number of hydrogen-bond acceptors (Lipinski definition) is 7. The molecule has 0 saturated heterocycles. The largest absolute Gasteiger partial charge is 0.490 e. The molecule has 1 aromatic heterocycles. The molecule has 0 amide bonds. The lowest BCUT2D eigenvalue weighted by Crippen LogP contribution is -2.52. The van der Waals surface area contributed by atoms with Gasteiger partial charge in [0, 0.05) is 29.4 Å². The molecule has 8 nitrogen and oxygen atoms in total. The molecule has 4 aliphatic rings. The first kappa shape index (κ1) is 26.6. The SMILES string of the molecule is NC1=NC2(CO1)c1cc(-c3cncc(Cl)c3)ccc1O[C@H]1CC[C@H](OC3CCC3)C[C@@H]12.O=C(O)C(F)(F)F. The molecule has 2 aliphatic heterocycles. The van der Waals surface area contributed by atoms with Gasteiger partial charge >= 0.3 is 12.1 Å². The number of fused-ring (bicyclic) bond motifs is 4. The van der Waals surface area contributed by atoms with Crippen molar-refractivity contribution in [2.75, 3.05) is 6.61 Å². The number of carbonyl (C=O) groups is 1. The van der Waals surface area contributed by atoms with Gasteiger partial charge in [-0.05, 0) is 62.3 Å². The Labute approximate surface area is 221 Å². The number of carboxylic acids is 1. The quantitative estimate of drug-likeness (QED) is 0.545. The Morgan fingerprint density at radius 2 is 1.89 bits per heavy atom. The van der Waals surface area contributed by atoms with E-state index in [0.717, 1.165) is 41.7 Å². The van der Waals surface area contributed by atoms with Crippen LogP contribution in [0, 0.1) is 5.92 Å². The van der Waals surface area contributed by atoms with Gasteiger partial charge in [0.25, 0.3) is 6.02 Å². The third-order valence-electron chi connectivity index (χ3n) is 7.54. The summed E-state index contributed by atoms with van der Waals surface area (Å²) >= 11 is 6.18. The van der Waals surface area contributed by atoms with E-state index >= 15 is 0 Å². The highest BCUT2D eigenvalue weighted by atomic mass is 35.5. The van der Waals surface area contributed by atoms with Gasteiger partial charge in [-0.15, -0.1) is 0 Å². The summed E-state index contributed by atoms with van der Waals surface area (Å²) in [5.41, 5.74) is 8.52. The van der Waals surface area contributed by atoms with Crippen LogP contribution in [0.25, 0.3) is 11.1 Å². The summed E-state index contributed by atoms with van der Waals surface area (Å²) in [7, 11) is 0. The number of benzene rings is 1. The van der Waals surface area contributed by atoms with E-state index in [0.29, 0.717) is 17.7 Å². The summed E-state index contributed by atoms with van der Waals surface area (Å²) in [5.74, 6) is -1.74. The minimum atomic E-state index is -5.08. The van der Waals surface area contributed by atoms with Crippen LogP contribution in [0.1, 0.15) is 44.1 Å². The fourth-order valence-electron chi connectivity index (χ4n) is 5.51. The molecule has 6 rings (SSSR count). The highest BCUT2D eigenvalue weighted by Gasteiger charge is 2.56. The molecule has 2 aromatic rings. The number of alkyl halides is 3. The molecule has 1 spiro atoms. The van der Waals surface area contributed by atoms with Crippen LogP contribution < -0.4 is 10.5 Å². The van der Waals surface area contributed by atoms with Gasteiger partial charge in [0.15, 0.2) is 0 Å². The molecule has 2 saturated carbocycles. The number of amidine groups is 1. The predicted octanol–water partition coefficient (Wildman–Crippen LogP) is 5.07. The maximum absolute atomic E-state index is 10.6. The van der Waals surface area contributed by atoms with Crippen molar-refractivity contribution in [1.29, 1.82) is 0 Å². The molecule has 3 heterocycles. The predicted molar refractivity (Wildman–Crippen MR) is 132 cm³/mol. The average molecular weight is 554 g/mol. The number of aliphatic imine (C=N–C) groups is 1. The topological polar surface area (TPSA) is 116 Å². The number of rotatable bonds is 3. The maximum Gasteiger partial charge on any atom is 0.490 e. The molecule has 2 fully saturated rings. The van der Waals surface area contributed by atoms with Crippen molar-refractivity contribution in [3.8, 4) is 16.9 Å². The van der Waals surface area contributed by atoms with Crippen molar-refractivity contribution in [2.24, 2.45) is 16.6 Å². The molecule has 0 bridgehead atoms. The molecule has 1 unspecified atom stereocenters. The van der Waals surface area contributed by atoms with Gasteiger partial charge < -0.3 is 25.1 Å². The van der Waals surface area contributed by atoms with Crippen molar-refractivity contribution < 1.29 is 37.3 Å². The van der Waals surface area contributed by atoms with E-state index in [-0.39, 0.29) is 24.1 Å². The number of nitrogens with two attached hydrogens (primary N) is 1. The molecule has 38 heavy (non-hydrogen) atoms. The number of aliphatic carboxylic acids is 1. The Balaban J connectivity index is 0.000000374. The van der Waals surface area contributed by atoms with E-state index in [1.54, 1.807) is 6.20 Å². The van der Waals surface area contributed by atoms with Gasteiger partial charge in [-0.2, -0.15) is 13.2 Å². The van der Waals surface area contributed by atoms with E-state index in [2.05, 4.69) is 17.1 Å². The van der Waals surface area contributed by atoms with E-state index in [1.807, 2.05) is 18.3 Å². The monoisotopic (exact) mass is 553 g/mol. The van der Waals surface area contributed by atoms with E-state index in [1.165, 1.54) is 19.3 Å². The van der Waals surface area contributed by atoms with Gasteiger partial charge in [0.05, 0.1) is 17.2 Å². The van der Waals surface area contributed by atoms with Crippen LogP contribution in [0.4, 0.5) is 13.2 Å². The van der Waals surface area contributed by atoms with Crippen LogP contribution in [0.2, 0.25) is 5.02 Å². The third kappa shape index (κ3) is 5.26. The molecule has 12 heteroatoms. The Morgan fingerprint density at radius 3 is 2.50 bits per heavy atom. The zero-order valence-electron chi connectivity index (χ0n) is 20.3. The second-order valence-electron chi connectivity index (χ2n) is 9.96. The Morgan fingerprint density at radius 1 is 1.13 bits per heavy atom. The molecular formula is C26H27ClF3N3O5.